The van der Waals surface area contributed by atoms with E-state index in [0.29, 0.717) is 43.3 Å². The average molecular weight is 873 g/mol. The molecule has 0 unspecified atom stereocenters. The number of rotatable bonds is 8. The number of fused-ring (bicyclic) bond motifs is 2. The second-order valence-electron chi connectivity index (χ2n) is 19.0. The molecule has 14 heteroatoms. The van der Waals surface area contributed by atoms with Crippen LogP contribution in [0, 0.1) is 23.7 Å². The van der Waals surface area contributed by atoms with Crippen LogP contribution in [0.3, 0.4) is 0 Å². The fourth-order valence-electron chi connectivity index (χ4n) is 10.6. The summed E-state index contributed by atoms with van der Waals surface area (Å²) in [6, 6.07) is 0. The molecule has 4 fully saturated rings. The SMILES string of the molecule is CC[C@H](C)[C@H]1O[C@]2(C=C[C@@H]1C)C[C@@H]1C[C@@H](C/C=C(/C)[C@@H](O[C@H]3C[C@H](OC)[C@@H](O[C@H]4C[C@H](OC)[C@@H](O)[C@H](C)O4)[C@H](C)O3)[C@@H](C)C=CC=C3CO[C@@H]4[C@H](O)C(C)=C[C@@H](C(=O)O1)[C@]34O)O2. The minimum atomic E-state index is -1.84. The van der Waals surface area contributed by atoms with Gasteiger partial charge in [-0.2, -0.15) is 0 Å². The van der Waals surface area contributed by atoms with Crippen LogP contribution in [0.2, 0.25) is 0 Å². The van der Waals surface area contributed by atoms with Crippen molar-refractivity contribution in [2.45, 2.75) is 191 Å². The smallest absolute Gasteiger partial charge is 0.316 e. The molecule has 0 amide bonds. The second-order valence-corrected chi connectivity index (χ2v) is 19.0. The number of carbonyl (C=O) groups is 1. The lowest BCUT2D eigenvalue weighted by Gasteiger charge is -2.48. The number of aliphatic hydroxyl groups excluding tert-OH is 2. The molecule has 348 valence electrons. The van der Waals surface area contributed by atoms with Crippen LogP contribution in [0.1, 0.15) is 93.9 Å². The van der Waals surface area contributed by atoms with Crippen molar-refractivity contribution in [2.75, 3.05) is 20.8 Å². The van der Waals surface area contributed by atoms with Crippen molar-refractivity contribution in [3.63, 3.8) is 0 Å². The largest absolute Gasteiger partial charge is 0.462 e. The number of carbonyl (C=O) groups excluding carboxylic acids is 1. The normalized spacial score (nSPS) is 47.8. The number of hydrogen-bond acceptors (Lipinski definition) is 14. The fraction of sp³-hybridized carbons (Fsp3) is 0.771. The van der Waals surface area contributed by atoms with E-state index >= 15 is 0 Å². The first kappa shape index (κ1) is 47.6. The molecule has 3 N–H and O–H groups in total. The van der Waals surface area contributed by atoms with E-state index in [1.54, 1.807) is 40.2 Å². The predicted molar refractivity (Wildman–Crippen MR) is 227 cm³/mol. The van der Waals surface area contributed by atoms with E-state index in [0.717, 1.165) is 12.0 Å². The predicted octanol–water partition coefficient (Wildman–Crippen LogP) is 5.38. The molecule has 7 rings (SSSR count). The Morgan fingerprint density at radius 1 is 0.887 bits per heavy atom. The zero-order chi connectivity index (χ0) is 44.7. The molecule has 1 aliphatic carbocycles. The quantitative estimate of drug-likeness (QED) is 0.210. The summed E-state index contributed by atoms with van der Waals surface area (Å²) >= 11 is 0. The summed E-state index contributed by atoms with van der Waals surface area (Å²) in [6.07, 6.45) is 8.55. The summed E-state index contributed by atoms with van der Waals surface area (Å²) in [7, 11) is 3.22. The Morgan fingerprint density at radius 3 is 2.32 bits per heavy atom. The molecule has 4 saturated heterocycles. The average Bonchev–Trinajstić information content (AvgIpc) is 3.58. The molecule has 1 spiro atoms. The summed E-state index contributed by atoms with van der Waals surface area (Å²) < 4.78 is 63.7. The van der Waals surface area contributed by atoms with Gasteiger partial charge in [0, 0.05) is 51.7 Å². The Bertz CT molecular complexity index is 1730. The number of allylic oxidation sites excluding steroid dienone is 2. The molecule has 0 saturated carbocycles. The Morgan fingerprint density at radius 2 is 1.60 bits per heavy atom. The van der Waals surface area contributed by atoms with Crippen molar-refractivity contribution in [3.05, 3.63) is 59.3 Å². The maximum absolute atomic E-state index is 14.3. The van der Waals surface area contributed by atoms with E-state index in [9.17, 15) is 20.1 Å². The molecule has 14 nitrogen and oxygen atoms in total. The molecule has 0 radical (unpaired) electrons. The van der Waals surface area contributed by atoms with Crippen molar-refractivity contribution >= 4 is 5.97 Å². The molecule has 0 aromatic rings. The van der Waals surface area contributed by atoms with Gasteiger partial charge in [0.05, 0.1) is 49.3 Å². The molecular formula is C48H72O14. The maximum Gasteiger partial charge on any atom is 0.316 e. The van der Waals surface area contributed by atoms with Gasteiger partial charge < -0.3 is 62.7 Å². The third kappa shape index (κ3) is 9.64. The monoisotopic (exact) mass is 872 g/mol. The Hall–Kier alpha value is -2.31. The van der Waals surface area contributed by atoms with Gasteiger partial charge in [0.1, 0.15) is 42.0 Å². The minimum absolute atomic E-state index is 0.0317. The molecule has 2 bridgehead atoms. The zero-order valence-corrected chi connectivity index (χ0v) is 38.2. The second kappa shape index (κ2) is 19.7. The van der Waals surface area contributed by atoms with Crippen LogP contribution in [-0.2, 0) is 52.2 Å². The van der Waals surface area contributed by atoms with Gasteiger partial charge in [-0.05, 0) is 62.8 Å². The summed E-state index contributed by atoms with van der Waals surface area (Å²) in [6.45, 7) is 16.1. The van der Waals surface area contributed by atoms with Crippen LogP contribution in [-0.4, -0.2) is 139 Å². The molecule has 6 heterocycles. The lowest BCUT2D eigenvalue weighted by atomic mass is 9.71. The molecule has 0 aromatic heterocycles. The van der Waals surface area contributed by atoms with E-state index in [4.69, 9.17) is 47.4 Å². The molecule has 62 heavy (non-hydrogen) atoms. The first-order valence-electron chi connectivity index (χ1n) is 22.9. The minimum Gasteiger partial charge on any atom is -0.462 e. The highest BCUT2D eigenvalue weighted by molar-refractivity contribution is 5.78. The van der Waals surface area contributed by atoms with Gasteiger partial charge in [0.25, 0.3) is 0 Å². The summed E-state index contributed by atoms with van der Waals surface area (Å²) in [5.74, 6) is -2.56. The van der Waals surface area contributed by atoms with Crippen LogP contribution < -0.4 is 0 Å². The van der Waals surface area contributed by atoms with E-state index < -0.39 is 90.8 Å². The number of aliphatic hydroxyl groups is 3. The van der Waals surface area contributed by atoms with Gasteiger partial charge in [-0.1, -0.05) is 70.6 Å². The van der Waals surface area contributed by atoms with Crippen LogP contribution in [0.15, 0.2) is 59.3 Å². The molecule has 0 aromatic carbocycles. The summed E-state index contributed by atoms with van der Waals surface area (Å²) in [5.41, 5.74) is 0.134. The van der Waals surface area contributed by atoms with Crippen LogP contribution >= 0.6 is 0 Å². The standard InChI is InChI=1S/C48H72O14/c1-11-25(2)43-28(5)17-18-47(62-43)23-34-20-33(61-47)16-15-27(4)42(26(3)13-12-14-32-24-55-45-40(49)29(6)19-35(46(51)58-34)48(32,45)52)59-39-22-37(54-10)44(31(8)57-39)60-38-21-36(53-9)41(50)30(7)56-38/h12-15,17-19,25-26,28,30-31,33-45,49-50,52H,11,16,20-24H2,1-10H3/b13-12?,27-15-,32-14?/t25-,26-,28-,30-,31-,33+,34-,35-,36-,37-,38-,39-,40+,41-,42-,43+,44-,45+,47+,48+/m0/s1. The fourth-order valence-corrected chi connectivity index (χ4v) is 10.6. The molecular weight excluding hydrogens is 801 g/mol. The van der Waals surface area contributed by atoms with Gasteiger partial charge in [-0.15, -0.1) is 0 Å². The third-order valence-electron chi connectivity index (χ3n) is 14.5. The Kier molecular flexibility index (Phi) is 15.1. The number of ether oxygens (including phenoxy) is 10. The lowest BCUT2D eigenvalue weighted by molar-refractivity contribution is -0.318. The number of hydrogen-bond donors (Lipinski definition) is 3. The highest BCUT2D eigenvalue weighted by atomic mass is 16.7. The van der Waals surface area contributed by atoms with Crippen LogP contribution in [0.4, 0.5) is 0 Å². The molecule has 20 atom stereocenters. The van der Waals surface area contributed by atoms with Crippen molar-refractivity contribution in [1.82, 2.24) is 0 Å². The zero-order valence-electron chi connectivity index (χ0n) is 38.2. The highest BCUT2D eigenvalue weighted by Gasteiger charge is 2.60. The number of esters is 1. The third-order valence-corrected chi connectivity index (χ3v) is 14.5. The van der Waals surface area contributed by atoms with E-state index in [-0.39, 0.29) is 42.7 Å². The van der Waals surface area contributed by atoms with Crippen molar-refractivity contribution in [1.29, 1.82) is 0 Å². The van der Waals surface area contributed by atoms with Gasteiger partial charge in [-0.3, -0.25) is 4.79 Å². The van der Waals surface area contributed by atoms with Gasteiger partial charge in [-0.25, -0.2) is 0 Å². The maximum atomic E-state index is 14.3. The lowest BCUT2D eigenvalue weighted by Crippen LogP contribution is -2.58. The van der Waals surface area contributed by atoms with Gasteiger partial charge in [0.2, 0.25) is 0 Å². The molecule has 6 aliphatic heterocycles. The number of methoxy groups -OCH3 is 2. The Balaban J connectivity index is 1.18. The summed E-state index contributed by atoms with van der Waals surface area (Å²) in [5, 5.41) is 34.2. The van der Waals surface area contributed by atoms with Crippen LogP contribution in [0.25, 0.3) is 0 Å². The van der Waals surface area contributed by atoms with E-state index in [2.05, 4.69) is 39.8 Å². The topological polar surface area (TPSA) is 170 Å². The van der Waals surface area contributed by atoms with E-state index in [1.165, 1.54) is 0 Å². The summed E-state index contributed by atoms with van der Waals surface area (Å²) in [4.78, 5) is 14.3. The van der Waals surface area contributed by atoms with Crippen molar-refractivity contribution < 1.29 is 67.5 Å². The Labute approximate surface area is 367 Å². The van der Waals surface area contributed by atoms with Gasteiger partial charge in [0.15, 0.2) is 18.4 Å². The first-order chi connectivity index (χ1) is 29.5. The first-order valence-corrected chi connectivity index (χ1v) is 22.9. The highest BCUT2D eigenvalue weighted by Crippen LogP contribution is 2.47. The van der Waals surface area contributed by atoms with Crippen molar-refractivity contribution in [3.8, 4) is 0 Å². The van der Waals surface area contributed by atoms with Crippen LogP contribution in [0.5, 0.6) is 0 Å². The van der Waals surface area contributed by atoms with Crippen molar-refractivity contribution in [2.24, 2.45) is 23.7 Å². The van der Waals surface area contributed by atoms with E-state index in [1.807, 2.05) is 32.1 Å². The molecule has 7 aliphatic rings. The van der Waals surface area contributed by atoms with Gasteiger partial charge >= 0.3 is 5.97 Å².